The van der Waals surface area contributed by atoms with Gasteiger partial charge in [-0.3, -0.25) is 0 Å². The fraction of sp³-hybridized carbons (Fsp3) is 0.462. The number of nitrogens with zero attached hydrogens (tertiary/aromatic N) is 1. The van der Waals surface area contributed by atoms with E-state index in [4.69, 9.17) is 22.1 Å². The molecule has 0 saturated carbocycles. The van der Waals surface area contributed by atoms with Crippen molar-refractivity contribution in [1.29, 1.82) is 0 Å². The molecular weight excluding hydrogens is 252 g/mol. The fourth-order valence-electron chi connectivity index (χ4n) is 1.64. The molecule has 100 valence electrons. The molecule has 0 spiro atoms. The number of nitrogens with two attached hydrogens (primary N) is 1. The molecular formula is C13H19ClN2O2. The summed E-state index contributed by atoms with van der Waals surface area (Å²) in [5, 5.41) is 0.510. The predicted molar refractivity (Wildman–Crippen MR) is 74.0 cm³/mol. The van der Waals surface area contributed by atoms with Crippen LogP contribution in [0.25, 0.3) is 0 Å². The molecule has 0 radical (unpaired) electrons. The van der Waals surface area contributed by atoms with Gasteiger partial charge in [-0.1, -0.05) is 11.6 Å². The van der Waals surface area contributed by atoms with Gasteiger partial charge in [-0.05, 0) is 45.9 Å². The quantitative estimate of drug-likeness (QED) is 0.836. The van der Waals surface area contributed by atoms with Crippen LogP contribution in [0.2, 0.25) is 5.02 Å². The molecule has 0 saturated heterocycles. The average molecular weight is 271 g/mol. The number of hydrogen-bond acceptors (Lipinski definition) is 3. The van der Waals surface area contributed by atoms with E-state index in [0.717, 1.165) is 0 Å². The van der Waals surface area contributed by atoms with Crippen LogP contribution in [0.15, 0.2) is 18.2 Å². The number of halogens is 1. The summed E-state index contributed by atoms with van der Waals surface area (Å²) in [6, 6.07) is 4.78. The van der Waals surface area contributed by atoms with Gasteiger partial charge in [0.05, 0.1) is 5.69 Å². The zero-order valence-corrected chi connectivity index (χ0v) is 11.9. The second-order valence-corrected chi connectivity index (χ2v) is 5.40. The first-order chi connectivity index (χ1) is 8.25. The summed E-state index contributed by atoms with van der Waals surface area (Å²) in [6.07, 6.45) is -0.418. The van der Waals surface area contributed by atoms with E-state index < -0.39 is 6.09 Å². The lowest BCUT2D eigenvalue weighted by Crippen LogP contribution is -2.46. The van der Waals surface area contributed by atoms with E-state index in [2.05, 4.69) is 0 Å². The first-order valence-corrected chi connectivity index (χ1v) is 6.18. The molecule has 0 aliphatic rings. The molecule has 5 heteroatoms. The highest BCUT2D eigenvalue weighted by molar-refractivity contribution is 6.30. The topological polar surface area (TPSA) is 55.6 Å². The first-order valence-electron chi connectivity index (χ1n) is 5.80. The lowest BCUT2D eigenvalue weighted by Gasteiger charge is -2.33. The van der Waals surface area contributed by atoms with E-state index in [1.807, 2.05) is 27.7 Å². The molecule has 0 aliphatic heterocycles. The van der Waals surface area contributed by atoms with Crippen molar-refractivity contribution in [1.82, 2.24) is 4.90 Å². The Morgan fingerprint density at radius 3 is 2.50 bits per heavy atom. The number of nitrogen functional groups attached to an aromatic ring is 1. The summed E-state index contributed by atoms with van der Waals surface area (Å²) >= 11 is 5.79. The third-order valence-corrected chi connectivity index (χ3v) is 2.75. The molecule has 0 heterocycles. The molecule has 1 amide bonds. The number of benzene rings is 1. The lowest BCUT2D eigenvalue weighted by atomic mass is 10.1. The molecule has 0 fully saturated rings. The second kappa shape index (κ2) is 5.48. The van der Waals surface area contributed by atoms with Crippen LogP contribution in [0, 0.1) is 0 Å². The van der Waals surface area contributed by atoms with E-state index in [-0.39, 0.29) is 5.54 Å². The molecule has 18 heavy (non-hydrogen) atoms. The Hall–Kier alpha value is -1.42. The standard InChI is InChI=1S/C13H19ClN2O2/c1-5-16(13(2,3)4)12(17)18-11-7-6-9(14)8-10(11)15/h6-8H,5,15H2,1-4H3. The van der Waals surface area contributed by atoms with Crippen LogP contribution >= 0.6 is 11.6 Å². The highest BCUT2D eigenvalue weighted by Crippen LogP contribution is 2.26. The summed E-state index contributed by atoms with van der Waals surface area (Å²) in [4.78, 5) is 13.7. The molecule has 2 N–H and O–H groups in total. The lowest BCUT2D eigenvalue weighted by molar-refractivity contribution is 0.111. The second-order valence-electron chi connectivity index (χ2n) is 4.97. The predicted octanol–water partition coefficient (Wildman–Crippen LogP) is 3.54. The summed E-state index contributed by atoms with van der Waals surface area (Å²) in [5.41, 5.74) is 5.79. The molecule has 0 atom stereocenters. The Balaban J connectivity index is 2.87. The van der Waals surface area contributed by atoms with Crippen molar-refractivity contribution >= 4 is 23.4 Å². The van der Waals surface area contributed by atoms with Gasteiger partial charge in [0.15, 0.2) is 5.75 Å². The van der Waals surface area contributed by atoms with Crippen molar-refractivity contribution in [3.05, 3.63) is 23.2 Å². The summed E-state index contributed by atoms with van der Waals surface area (Å²) in [5.74, 6) is 0.326. The highest BCUT2D eigenvalue weighted by atomic mass is 35.5. The van der Waals surface area contributed by atoms with Gasteiger partial charge in [-0.2, -0.15) is 0 Å². The maximum Gasteiger partial charge on any atom is 0.415 e. The number of hydrogen-bond donors (Lipinski definition) is 1. The Morgan fingerprint density at radius 2 is 2.06 bits per heavy atom. The number of carbonyl (C=O) groups is 1. The maximum atomic E-state index is 12.0. The third-order valence-electron chi connectivity index (χ3n) is 2.52. The minimum absolute atomic E-state index is 0.299. The van der Waals surface area contributed by atoms with E-state index in [1.165, 1.54) is 0 Å². The van der Waals surface area contributed by atoms with Crippen molar-refractivity contribution in [3.63, 3.8) is 0 Å². The minimum atomic E-state index is -0.418. The van der Waals surface area contributed by atoms with E-state index >= 15 is 0 Å². The van der Waals surface area contributed by atoms with Gasteiger partial charge < -0.3 is 15.4 Å². The van der Waals surface area contributed by atoms with Gasteiger partial charge in [0.25, 0.3) is 0 Å². The maximum absolute atomic E-state index is 12.0. The summed E-state index contributed by atoms with van der Waals surface area (Å²) < 4.78 is 5.28. The van der Waals surface area contributed by atoms with Crippen LogP contribution in [-0.2, 0) is 0 Å². The zero-order valence-electron chi connectivity index (χ0n) is 11.2. The monoisotopic (exact) mass is 270 g/mol. The van der Waals surface area contributed by atoms with Crippen LogP contribution in [0.5, 0.6) is 5.75 Å². The van der Waals surface area contributed by atoms with Crippen molar-refractivity contribution in [2.24, 2.45) is 0 Å². The number of rotatable bonds is 2. The number of carbonyl (C=O) groups excluding carboxylic acids is 1. The first kappa shape index (κ1) is 14.6. The van der Waals surface area contributed by atoms with Crippen LogP contribution in [-0.4, -0.2) is 23.1 Å². The molecule has 1 aromatic rings. The smallest absolute Gasteiger partial charge is 0.408 e. The van der Waals surface area contributed by atoms with Gasteiger partial charge in [0, 0.05) is 17.1 Å². The summed E-state index contributed by atoms with van der Waals surface area (Å²) in [6.45, 7) is 8.31. The van der Waals surface area contributed by atoms with Crippen molar-refractivity contribution in [3.8, 4) is 5.75 Å². The van der Waals surface area contributed by atoms with Crippen LogP contribution in [0.1, 0.15) is 27.7 Å². The van der Waals surface area contributed by atoms with E-state index in [1.54, 1.807) is 23.1 Å². The summed E-state index contributed by atoms with van der Waals surface area (Å²) in [7, 11) is 0. The van der Waals surface area contributed by atoms with Crippen LogP contribution in [0.4, 0.5) is 10.5 Å². The molecule has 1 aromatic carbocycles. The SMILES string of the molecule is CCN(C(=O)Oc1ccc(Cl)cc1N)C(C)(C)C. The van der Waals surface area contributed by atoms with Crippen molar-refractivity contribution in [2.75, 3.05) is 12.3 Å². The highest BCUT2D eigenvalue weighted by Gasteiger charge is 2.26. The molecule has 4 nitrogen and oxygen atoms in total. The van der Waals surface area contributed by atoms with E-state index in [0.29, 0.717) is 23.0 Å². The molecule has 0 aliphatic carbocycles. The van der Waals surface area contributed by atoms with Crippen LogP contribution in [0.3, 0.4) is 0 Å². The van der Waals surface area contributed by atoms with Crippen molar-refractivity contribution < 1.29 is 9.53 Å². The van der Waals surface area contributed by atoms with Crippen LogP contribution < -0.4 is 10.5 Å². The number of anilines is 1. The Labute approximate surface area is 113 Å². The molecule has 0 bridgehead atoms. The van der Waals surface area contributed by atoms with Gasteiger partial charge in [0.2, 0.25) is 0 Å². The largest absolute Gasteiger partial charge is 0.415 e. The number of ether oxygens (including phenoxy) is 1. The Morgan fingerprint density at radius 1 is 1.44 bits per heavy atom. The minimum Gasteiger partial charge on any atom is -0.408 e. The Bertz CT molecular complexity index is 441. The normalized spacial score (nSPS) is 11.2. The van der Waals surface area contributed by atoms with Gasteiger partial charge in [0.1, 0.15) is 0 Å². The fourth-order valence-corrected chi connectivity index (χ4v) is 1.82. The third kappa shape index (κ3) is 3.53. The molecule has 1 rings (SSSR count). The van der Waals surface area contributed by atoms with Gasteiger partial charge >= 0.3 is 6.09 Å². The number of amides is 1. The van der Waals surface area contributed by atoms with Crippen molar-refractivity contribution in [2.45, 2.75) is 33.2 Å². The van der Waals surface area contributed by atoms with Gasteiger partial charge in [-0.25, -0.2) is 4.79 Å². The Kier molecular flexibility index (Phi) is 4.46. The molecule has 0 aromatic heterocycles. The zero-order chi connectivity index (χ0) is 13.9. The average Bonchev–Trinajstić information content (AvgIpc) is 2.21. The molecule has 0 unspecified atom stereocenters. The van der Waals surface area contributed by atoms with E-state index in [9.17, 15) is 4.79 Å². The van der Waals surface area contributed by atoms with Gasteiger partial charge in [-0.15, -0.1) is 0 Å².